The largest absolute Gasteiger partial charge is 0.321 e. The summed E-state index contributed by atoms with van der Waals surface area (Å²) in [5.74, 6) is -1.07. The molecular formula is C27H20Cl2N2O3S2. The molecule has 0 aromatic heterocycles. The quantitative estimate of drug-likeness (QED) is 0.162. The number of hydrogen-bond donors (Lipinski definition) is 1. The van der Waals surface area contributed by atoms with Crippen LogP contribution in [0.25, 0.3) is 0 Å². The van der Waals surface area contributed by atoms with Crippen LogP contribution in [0.2, 0.25) is 10.0 Å². The number of amides is 1. The van der Waals surface area contributed by atoms with E-state index in [1.807, 2.05) is 25.1 Å². The highest BCUT2D eigenvalue weighted by molar-refractivity contribution is 8.22. The lowest BCUT2D eigenvalue weighted by molar-refractivity contribution is -0.112. The van der Waals surface area contributed by atoms with Gasteiger partial charge in [-0.25, -0.2) is 0 Å². The van der Waals surface area contributed by atoms with Gasteiger partial charge in [0.15, 0.2) is 11.6 Å². The molecule has 0 saturated carbocycles. The zero-order valence-electron chi connectivity index (χ0n) is 19.1. The van der Waals surface area contributed by atoms with E-state index in [4.69, 9.17) is 23.2 Å². The van der Waals surface area contributed by atoms with Gasteiger partial charge in [-0.05, 0) is 67.6 Å². The van der Waals surface area contributed by atoms with Crippen molar-refractivity contribution in [2.75, 3.05) is 16.8 Å². The summed E-state index contributed by atoms with van der Waals surface area (Å²) >= 11 is 13.9. The molecule has 0 atom stereocenters. The van der Waals surface area contributed by atoms with E-state index in [1.54, 1.807) is 60.7 Å². The first-order valence-corrected chi connectivity index (χ1v) is 13.3. The first-order chi connectivity index (χ1) is 17.3. The average Bonchev–Trinajstić information content (AvgIpc) is 2.87. The SMILES string of the molecule is Cc1ccc(NC(=O)C(C#N)=C(SCC(=O)c2ccc(Cl)cc2)SCC(=O)c2ccc(Cl)cc2)cc1. The highest BCUT2D eigenvalue weighted by Crippen LogP contribution is 2.33. The normalized spacial score (nSPS) is 10.3. The van der Waals surface area contributed by atoms with Crippen LogP contribution in [0.5, 0.6) is 0 Å². The Balaban J connectivity index is 1.81. The van der Waals surface area contributed by atoms with E-state index in [1.165, 1.54) is 0 Å². The van der Waals surface area contributed by atoms with E-state index in [2.05, 4.69) is 5.32 Å². The maximum atomic E-state index is 13.0. The Labute approximate surface area is 227 Å². The van der Waals surface area contributed by atoms with Gasteiger partial charge in [-0.15, -0.1) is 23.5 Å². The number of nitrogens with one attached hydrogen (secondary N) is 1. The van der Waals surface area contributed by atoms with Crippen LogP contribution in [-0.2, 0) is 4.79 Å². The third-order valence-electron chi connectivity index (χ3n) is 4.85. The summed E-state index contributed by atoms with van der Waals surface area (Å²) in [5, 5.41) is 13.5. The highest BCUT2D eigenvalue weighted by atomic mass is 35.5. The monoisotopic (exact) mass is 554 g/mol. The van der Waals surface area contributed by atoms with E-state index in [0.29, 0.717) is 26.9 Å². The minimum atomic E-state index is -0.616. The van der Waals surface area contributed by atoms with Crippen LogP contribution in [0, 0.1) is 18.3 Å². The number of nitriles is 1. The summed E-state index contributed by atoms with van der Waals surface area (Å²) in [6.45, 7) is 1.92. The topological polar surface area (TPSA) is 87.0 Å². The smallest absolute Gasteiger partial charge is 0.268 e. The second-order valence-electron chi connectivity index (χ2n) is 7.53. The van der Waals surface area contributed by atoms with Crippen LogP contribution >= 0.6 is 46.7 Å². The predicted molar refractivity (Wildman–Crippen MR) is 149 cm³/mol. The van der Waals surface area contributed by atoms with Crippen molar-refractivity contribution in [2.45, 2.75) is 6.92 Å². The number of anilines is 1. The minimum Gasteiger partial charge on any atom is -0.321 e. The van der Waals surface area contributed by atoms with Gasteiger partial charge < -0.3 is 5.32 Å². The van der Waals surface area contributed by atoms with Crippen LogP contribution in [0.15, 0.2) is 82.6 Å². The van der Waals surface area contributed by atoms with Gasteiger partial charge in [-0.1, -0.05) is 40.9 Å². The molecule has 0 fully saturated rings. The van der Waals surface area contributed by atoms with Crippen molar-refractivity contribution in [1.82, 2.24) is 0 Å². The molecule has 36 heavy (non-hydrogen) atoms. The van der Waals surface area contributed by atoms with Gasteiger partial charge in [-0.3, -0.25) is 14.4 Å². The van der Waals surface area contributed by atoms with Crippen LogP contribution in [-0.4, -0.2) is 29.0 Å². The maximum Gasteiger partial charge on any atom is 0.268 e. The molecule has 0 heterocycles. The number of carbonyl (C=O) groups is 3. The van der Waals surface area contributed by atoms with Crippen molar-refractivity contribution in [3.63, 3.8) is 0 Å². The lowest BCUT2D eigenvalue weighted by Crippen LogP contribution is -2.15. The van der Waals surface area contributed by atoms with E-state index in [-0.39, 0.29) is 32.9 Å². The zero-order valence-corrected chi connectivity index (χ0v) is 22.2. The fourth-order valence-corrected chi connectivity index (χ4v) is 5.27. The van der Waals surface area contributed by atoms with Crippen LogP contribution < -0.4 is 5.32 Å². The summed E-state index contributed by atoms with van der Waals surface area (Å²) in [7, 11) is 0. The van der Waals surface area contributed by atoms with E-state index in [9.17, 15) is 19.6 Å². The van der Waals surface area contributed by atoms with Crippen LogP contribution in [0.1, 0.15) is 26.3 Å². The molecule has 1 amide bonds. The van der Waals surface area contributed by atoms with Gasteiger partial charge in [0.05, 0.1) is 15.7 Å². The summed E-state index contributed by atoms with van der Waals surface area (Å²) in [6.07, 6.45) is 0. The Morgan fingerprint density at radius 1 is 0.778 bits per heavy atom. The molecule has 0 bridgehead atoms. The Hall–Kier alpha value is -3.02. The molecule has 0 unspecified atom stereocenters. The molecule has 5 nitrogen and oxygen atoms in total. The fourth-order valence-electron chi connectivity index (χ4n) is 2.91. The number of nitrogens with zero attached hydrogens (tertiary/aromatic N) is 1. The molecule has 0 saturated heterocycles. The first kappa shape index (κ1) is 27.6. The maximum absolute atomic E-state index is 13.0. The van der Waals surface area contributed by atoms with E-state index < -0.39 is 5.91 Å². The van der Waals surface area contributed by atoms with Crippen molar-refractivity contribution in [1.29, 1.82) is 5.26 Å². The second-order valence-corrected chi connectivity index (χ2v) is 10.6. The number of Topliss-reactive ketones (excluding diaryl/α,β-unsaturated/α-hetero) is 2. The number of aryl methyl sites for hydroxylation is 1. The molecule has 1 N–H and O–H groups in total. The van der Waals surface area contributed by atoms with Gasteiger partial charge >= 0.3 is 0 Å². The molecular weight excluding hydrogens is 535 g/mol. The molecule has 0 aliphatic heterocycles. The Bertz CT molecular complexity index is 1270. The molecule has 3 rings (SSSR count). The predicted octanol–water partition coefficient (Wildman–Crippen LogP) is 7.21. The molecule has 9 heteroatoms. The molecule has 0 aliphatic rings. The molecule has 3 aromatic carbocycles. The number of halogens is 2. The van der Waals surface area contributed by atoms with Crippen LogP contribution in [0.4, 0.5) is 5.69 Å². The van der Waals surface area contributed by atoms with E-state index >= 15 is 0 Å². The lowest BCUT2D eigenvalue weighted by atomic mass is 10.1. The van der Waals surface area contributed by atoms with Crippen molar-refractivity contribution in [3.05, 3.63) is 109 Å². The third kappa shape index (κ3) is 8.00. The summed E-state index contributed by atoms with van der Waals surface area (Å²) in [5.41, 5.74) is 2.30. The highest BCUT2D eigenvalue weighted by Gasteiger charge is 2.20. The number of thioether (sulfide) groups is 2. The van der Waals surface area contributed by atoms with Gasteiger partial charge in [0, 0.05) is 26.9 Å². The van der Waals surface area contributed by atoms with Gasteiger partial charge in [0.1, 0.15) is 11.6 Å². The number of carbonyl (C=O) groups excluding carboxylic acids is 3. The Morgan fingerprint density at radius 2 is 1.22 bits per heavy atom. The first-order valence-electron chi connectivity index (χ1n) is 10.6. The van der Waals surface area contributed by atoms with Crippen LogP contribution in [0.3, 0.4) is 0 Å². The van der Waals surface area contributed by atoms with Gasteiger partial charge in [0.25, 0.3) is 5.91 Å². The average molecular weight is 556 g/mol. The van der Waals surface area contributed by atoms with E-state index in [0.717, 1.165) is 29.1 Å². The van der Waals surface area contributed by atoms with Crippen molar-refractivity contribution in [2.24, 2.45) is 0 Å². The van der Waals surface area contributed by atoms with Crippen molar-refractivity contribution in [3.8, 4) is 6.07 Å². The lowest BCUT2D eigenvalue weighted by Gasteiger charge is -2.11. The number of ketones is 2. The Morgan fingerprint density at radius 3 is 1.64 bits per heavy atom. The molecule has 0 spiro atoms. The molecule has 0 aliphatic carbocycles. The molecule has 3 aromatic rings. The zero-order chi connectivity index (χ0) is 26.1. The standard InChI is InChI=1S/C27H20Cl2N2O3S2/c1-17-2-12-22(13-3-17)31-26(34)23(14-30)27(35-15-24(32)18-4-8-20(28)9-5-18)36-16-25(33)19-6-10-21(29)11-7-19/h2-13H,15-16H2,1H3,(H,31,34). The molecule has 182 valence electrons. The number of benzene rings is 3. The summed E-state index contributed by atoms with van der Waals surface area (Å²) in [4.78, 5) is 38.4. The van der Waals surface area contributed by atoms with Gasteiger partial charge in [0.2, 0.25) is 0 Å². The van der Waals surface area contributed by atoms with Crippen molar-refractivity contribution < 1.29 is 14.4 Å². The third-order valence-corrected chi connectivity index (χ3v) is 7.81. The second kappa shape index (κ2) is 13.3. The summed E-state index contributed by atoms with van der Waals surface area (Å²) in [6, 6.07) is 22.0. The summed E-state index contributed by atoms with van der Waals surface area (Å²) < 4.78 is 0.284. The number of hydrogen-bond acceptors (Lipinski definition) is 6. The minimum absolute atomic E-state index is 0.0257. The molecule has 0 radical (unpaired) electrons. The Kier molecular flexibility index (Phi) is 10.2. The van der Waals surface area contributed by atoms with Gasteiger partial charge in [-0.2, -0.15) is 5.26 Å². The number of rotatable bonds is 10. The fraction of sp³-hybridized carbons (Fsp3) is 0.111. The van der Waals surface area contributed by atoms with Crippen molar-refractivity contribution >= 4 is 69.9 Å².